The van der Waals surface area contributed by atoms with Crippen LogP contribution in [0.15, 0.2) is 84.9 Å². The Morgan fingerprint density at radius 2 is 1.29 bits per heavy atom. The number of anilines is 1. The molecule has 1 saturated carbocycles. The third kappa shape index (κ3) is 1.87. The fraction of sp³-hybridized carbons (Fsp3) is 0.167. The minimum atomic E-state index is -0.874. The highest BCUT2D eigenvalue weighted by Crippen LogP contribution is 2.76. The summed E-state index contributed by atoms with van der Waals surface area (Å²) in [7, 11) is 0. The number of fused-ring (bicyclic) bond motifs is 1. The summed E-state index contributed by atoms with van der Waals surface area (Å²) < 4.78 is 13.3. The van der Waals surface area contributed by atoms with Gasteiger partial charge in [-0.3, -0.25) is 9.59 Å². The summed E-state index contributed by atoms with van der Waals surface area (Å²) in [5, 5.41) is 0. The number of amides is 2. The zero-order chi connectivity index (χ0) is 19.5. The molecule has 1 heterocycles. The van der Waals surface area contributed by atoms with Crippen LogP contribution in [0, 0.1) is 17.2 Å². The van der Waals surface area contributed by atoms with Crippen LogP contribution < -0.4 is 4.90 Å². The summed E-state index contributed by atoms with van der Waals surface area (Å²) in [5.74, 6) is -1.35. The largest absolute Gasteiger partial charge is 0.274 e. The fourth-order valence-electron chi connectivity index (χ4n) is 5.14. The second-order valence-corrected chi connectivity index (χ2v) is 7.63. The van der Waals surface area contributed by atoms with Crippen molar-refractivity contribution in [1.29, 1.82) is 0 Å². The number of benzene rings is 3. The van der Waals surface area contributed by atoms with Crippen molar-refractivity contribution < 1.29 is 14.0 Å². The van der Waals surface area contributed by atoms with Gasteiger partial charge >= 0.3 is 0 Å². The smallest absolute Gasteiger partial charge is 0.241 e. The predicted molar refractivity (Wildman–Crippen MR) is 104 cm³/mol. The second-order valence-electron chi connectivity index (χ2n) is 7.63. The van der Waals surface area contributed by atoms with Crippen molar-refractivity contribution in [1.82, 2.24) is 0 Å². The lowest BCUT2D eigenvalue weighted by atomic mass is 9.79. The number of halogens is 1. The van der Waals surface area contributed by atoms with Gasteiger partial charge in [0.1, 0.15) is 5.82 Å². The van der Waals surface area contributed by atoms with Crippen LogP contribution in [0.4, 0.5) is 10.1 Å². The Balaban J connectivity index is 1.67. The molecule has 3 aromatic carbocycles. The molecule has 1 aliphatic heterocycles. The van der Waals surface area contributed by atoms with Crippen LogP contribution in [0.1, 0.15) is 18.1 Å². The van der Waals surface area contributed by atoms with Crippen LogP contribution in [0.3, 0.4) is 0 Å². The molecule has 0 aromatic heterocycles. The Bertz CT molecular complexity index is 1040. The molecule has 28 heavy (non-hydrogen) atoms. The van der Waals surface area contributed by atoms with Gasteiger partial charge < -0.3 is 0 Å². The highest BCUT2D eigenvalue weighted by molar-refractivity contribution is 6.29. The molecule has 0 bridgehead atoms. The molecule has 2 aliphatic rings. The van der Waals surface area contributed by atoms with Gasteiger partial charge in [-0.15, -0.1) is 0 Å². The molecular formula is C24H18FNO2. The summed E-state index contributed by atoms with van der Waals surface area (Å²) in [6.07, 6.45) is 0. The molecule has 5 rings (SSSR count). The third-order valence-corrected chi connectivity index (χ3v) is 6.40. The molecular weight excluding hydrogens is 353 g/mol. The van der Waals surface area contributed by atoms with Crippen molar-refractivity contribution in [2.45, 2.75) is 12.3 Å². The van der Waals surface area contributed by atoms with Crippen molar-refractivity contribution in [3.8, 4) is 0 Å². The molecule has 0 N–H and O–H groups in total. The van der Waals surface area contributed by atoms with E-state index in [0.29, 0.717) is 5.69 Å². The average molecular weight is 371 g/mol. The van der Waals surface area contributed by atoms with E-state index < -0.39 is 22.6 Å². The number of rotatable bonds is 3. The fourth-order valence-corrected chi connectivity index (χ4v) is 5.14. The van der Waals surface area contributed by atoms with E-state index in [1.807, 2.05) is 67.6 Å². The van der Waals surface area contributed by atoms with Gasteiger partial charge in [-0.05, 0) is 42.3 Å². The maximum atomic E-state index is 13.5. The molecule has 2 fully saturated rings. The van der Waals surface area contributed by atoms with Gasteiger partial charge in [0, 0.05) is 5.41 Å². The van der Waals surface area contributed by atoms with E-state index in [1.54, 1.807) is 0 Å². The van der Waals surface area contributed by atoms with Crippen molar-refractivity contribution in [3.63, 3.8) is 0 Å². The van der Waals surface area contributed by atoms with E-state index in [9.17, 15) is 14.0 Å². The standard InChI is InChI=1S/C24H18FNO2/c1-23-20(21(27)26(22(23)28)19-14-12-18(25)13-15-19)24(23,16-8-4-2-5-9-16)17-10-6-3-7-11-17/h2-15,20H,1H3/t20-,23-/m0/s1. The van der Waals surface area contributed by atoms with Crippen molar-refractivity contribution in [2.75, 3.05) is 4.90 Å². The summed E-state index contributed by atoms with van der Waals surface area (Å²) in [5.41, 5.74) is 0.796. The summed E-state index contributed by atoms with van der Waals surface area (Å²) >= 11 is 0. The van der Waals surface area contributed by atoms with Gasteiger partial charge in [-0.25, -0.2) is 9.29 Å². The zero-order valence-electron chi connectivity index (χ0n) is 15.3. The molecule has 0 unspecified atom stereocenters. The minimum absolute atomic E-state index is 0.230. The monoisotopic (exact) mass is 371 g/mol. The number of imide groups is 1. The number of nitrogens with zero attached hydrogens (tertiary/aromatic N) is 1. The number of carbonyl (C=O) groups excluding carboxylic acids is 2. The zero-order valence-corrected chi connectivity index (χ0v) is 15.3. The normalized spacial score (nSPS) is 24.9. The van der Waals surface area contributed by atoms with E-state index in [2.05, 4.69) is 0 Å². The molecule has 3 nitrogen and oxygen atoms in total. The van der Waals surface area contributed by atoms with E-state index in [1.165, 1.54) is 29.2 Å². The number of hydrogen-bond acceptors (Lipinski definition) is 2. The lowest BCUT2D eigenvalue weighted by Gasteiger charge is -2.29. The van der Waals surface area contributed by atoms with Crippen LogP contribution in [-0.4, -0.2) is 11.8 Å². The first-order valence-electron chi connectivity index (χ1n) is 9.28. The van der Waals surface area contributed by atoms with Gasteiger partial charge in [0.05, 0.1) is 17.0 Å². The Labute approximate surface area is 162 Å². The van der Waals surface area contributed by atoms with Gasteiger partial charge in [-0.1, -0.05) is 60.7 Å². The second kappa shape index (κ2) is 5.61. The van der Waals surface area contributed by atoms with Crippen LogP contribution >= 0.6 is 0 Å². The molecule has 2 amide bonds. The van der Waals surface area contributed by atoms with Crippen molar-refractivity contribution in [3.05, 3.63) is 102 Å². The van der Waals surface area contributed by atoms with E-state index >= 15 is 0 Å². The van der Waals surface area contributed by atoms with Crippen LogP contribution in [-0.2, 0) is 15.0 Å². The van der Waals surface area contributed by atoms with E-state index in [4.69, 9.17) is 0 Å². The molecule has 2 atom stereocenters. The molecule has 1 aliphatic carbocycles. The van der Waals surface area contributed by atoms with Gasteiger partial charge in [0.25, 0.3) is 0 Å². The topological polar surface area (TPSA) is 37.4 Å². The lowest BCUT2D eigenvalue weighted by molar-refractivity contribution is -0.125. The predicted octanol–water partition coefficient (Wildman–Crippen LogP) is 4.32. The first-order chi connectivity index (χ1) is 13.5. The van der Waals surface area contributed by atoms with Crippen molar-refractivity contribution >= 4 is 17.5 Å². The van der Waals surface area contributed by atoms with Crippen LogP contribution in [0.25, 0.3) is 0 Å². The average Bonchev–Trinajstić information content (AvgIpc) is 3.26. The summed E-state index contributed by atoms with van der Waals surface area (Å²) in [6, 6.07) is 25.0. The summed E-state index contributed by atoms with van der Waals surface area (Å²) in [6.45, 7) is 1.88. The van der Waals surface area contributed by atoms with Gasteiger partial charge in [0.15, 0.2) is 0 Å². The van der Waals surface area contributed by atoms with Gasteiger partial charge in [0.2, 0.25) is 11.8 Å². The lowest BCUT2D eigenvalue weighted by Crippen LogP contribution is -2.42. The van der Waals surface area contributed by atoms with E-state index in [0.717, 1.165) is 11.1 Å². The summed E-state index contributed by atoms with van der Waals surface area (Å²) in [4.78, 5) is 28.2. The number of carbonyl (C=O) groups is 2. The highest BCUT2D eigenvalue weighted by Gasteiger charge is 2.86. The first-order valence-corrected chi connectivity index (χ1v) is 9.28. The van der Waals surface area contributed by atoms with Crippen LogP contribution in [0.5, 0.6) is 0 Å². The molecule has 0 radical (unpaired) electrons. The van der Waals surface area contributed by atoms with Gasteiger partial charge in [-0.2, -0.15) is 0 Å². The van der Waals surface area contributed by atoms with E-state index in [-0.39, 0.29) is 11.8 Å². The highest BCUT2D eigenvalue weighted by atomic mass is 19.1. The third-order valence-electron chi connectivity index (χ3n) is 6.40. The number of hydrogen-bond donors (Lipinski definition) is 0. The quantitative estimate of drug-likeness (QED) is 0.643. The Morgan fingerprint density at radius 1 is 0.786 bits per heavy atom. The maximum absolute atomic E-state index is 13.5. The van der Waals surface area contributed by atoms with Crippen LogP contribution in [0.2, 0.25) is 0 Å². The molecule has 1 saturated heterocycles. The Morgan fingerprint density at radius 3 is 1.71 bits per heavy atom. The maximum Gasteiger partial charge on any atom is 0.241 e. The molecule has 3 aromatic rings. The Kier molecular flexibility index (Phi) is 3.38. The first kappa shape index (κ1) is 16.9. The molecule has 138 valence electrons. The molecule has 0 spiro atoms. The minimum Gasteiger partial charge on any atom is -0.274 e. The van der Waals surface area contributed by atoms with Crippen molar-refractivity contribution in [2.24, 2.45) is 11.3 Å². The Hall–Kier alpha value is -3.27. The molecule has 4 heteroatoms. The SMILES string of the molecule is C[C@@]12C(=O)N(c3ccc(F)cc3)C(=O)[C@@H]1C2(c1ccccc1)c1ccccc1. The number of piperidine rings is 1.